The van der Waals surface area contributed by atoms with Crippen LogP contribution in [0.25, 0.3) is 10.9 Å². The summed E-state index contributed by atoms with van der Waals surface area (Å²) in [5.74, 6) is 0.371. The molecule has 0 aliphatic carbocycles. The summed E-state index contributed by atoms with van der Waals surface area (Å²) in [5, 5.41) is 7.96. The Labute approximate surface area is 116 Å². The molecule has 0 unspecified atom stereocenters. The number of aromatic nitrogens is 3. The summed E-state index contributed by atoms with van der Waals surface area (Å²) in [6, 6.07) is 9.20. The zero-order chi connectivity index (χ0) is 14.1. The van der Waals surface area contributed by atoms with Crippen LogP contribution in [0, 0.1) is 6.92 Å². The number of hydrogen-bond acceptors (Lipinski definition) is 3. The van der Waals surface area contributed by atoms with E-state index in [2.05, 4.69) is 15.4 Å². The van der Waals surface area contributed by atoms with E-state index in [1.807, 2.05) is 32.2 Å². The molecule has 0 saturated heterocycles. The third kappa shape index (κ3) is 2.25. The molecule has 2 heterocycles. The van der Waals surface area contributed by atoms with Crippen molar-refractivity contribution >= 4 is 22.6 Å². The summed E-state index contributed by atoms with van der Waals surface area (Å²) in [5.41, 5.74) is 2.57. The number of anilines is 1. The highest BCUT2D eigenvalue weighted by atomic mass is 16.1. The molecule has 3 aromatic rings. The third-order valence-corrected chi connectivity index (χ3v) is 3.16. The van der Waals surface area contributed by atoms with Crippen molar-refractivity contribution < 1.29 is 4.79 Å². The fourth-order valence-electron chi connectivity index (χ4n) is 2.02. The molecule has 1 amide bonds. The van der Waals surface area contributed by atoms with Crippen LogP contribution in [0.4, 0.5) is 5.82 Å². The molecule has 0 atom stereocenters. The number of benzene rings is 1. The molecule has 2 aromatic heterocycles. The molecule has 1 aromatic carbocycles. The third-order valence-electron chi connectivity index (χ3n) is 3.16. The van der Waals surface area contributed by atoms with E-state index in [1.165, 1.54) is 0 Å². The minimum Gasteiger partial charge on any atom is -0.307 e. The van der Waals surface area contributed by atoms with E-state index in [0.717, 1.165) is 16.5 Å². The van der Waals surface area contributed by atoms with Gasteiger partial charge in [-0.05, 0) is 30.7 Å². The van der Waals surface area contributed by atoms with Gasteiger partial charge >= 0.3 is 0 Å². The molecule has 0 spiro atoms. The summed E-state index contributed by atoms with van der Waals surface area (Å²) in [4.78, 5) is 16.4. The smallest absolute Gasteiger partial charge is 0.256 e. The number of nitrogens with zero attached hydrogens (tertiary/aromatic N) is 3. The highest BCUT2D eigenvalue weighted by molar-refractivity contribution is 6.05. The Bertz CT molecular complexity index is 774. The molecule has 0 radical (unpaired) electrons. The standard InChI is InChI=1S/C15H14N4O/c1-10-3-6-14(16-8-10)18-15(20)11-4-5-12-9-17-19(2)13(12)7-11/h3-9H,1-2H3,(H,16,18,20). The Morgan fingerprint density at radius 3 is 2.80 bits per heavy atom. The molecule has 0 bridgehead atoms. The Morgan fingerprint density at radius 2 is 2.05 bits per heavy atom. The van der Waals surface area contributed by atoms with Gasteiger partial charge in [-0.3, -0.25) is 9.48 Å². The average molecular weight is 266 g/mol. The van der Waals surface area contributed by atoms with Crippen LogP contribution in [0.15, 0.2) is 42.7 Å². The summed E-state index contributed by atoms with van der Waals surface area (Å²) >= 11 is 0. The monoisotopic (exact) mass is 266 g/mol. The van der Waals surface area contributed by atoms with Gasteiger partial charge in [-0.15, -0.1) is 0 Å². The first-order valence-corrected chi connectivity index (χ1v) is 6.29. The number of nitrogens with one attached hydrogen (secondary N) is 1. The molecule has 0 aliphatic heterocycles. The normalized spacial score (nSPS) is 10.7. The van der Waals surface area contributed by atoms with Gasteiger partial charge in [0, 0.05) is 24.2 Å². The zero-order valence-corrected chi connectivity index (χ0v) is 11.3. The number of carbonyl (C=O) groups is 1. The van der Waals surface area contributed by atoms with Gasteiger partial charge in [0.2, 0.25) is 0 Å². The second kappa shape index (κ2) is 4.77. The quantitative estimate of drug-likeness (QED) is 0.775. The number of rotatable bonds is 2. The van der Waals surface area contributed by atoms with Crippen LogP contribution in [0.5, 0.6) is 0 Å². The predicted molar refractivity (Wildman–Crippen MR) is 77.6 cm³/mol. The maximum absolute atomic E-state index is 12.2. The van der Waals surface area contributed by atoms with Crippen molar-refractivity contribution in [2.24, 2.45) is 7.05 Å². The molecule has 20 heavy (non-hydrogen) atoms. The summed E-state index contributed by atoms with van der Waals surface area (Å²) in [6.07, 6.45) is 3.50. The largest absolute Gasteiger partial charge is 0.307 e. The van der Waals surface area contributed by atoms with Crippen LogP contribution in [0.3, 0.4) is 0 Å². The number of carbonyl (C=O) groups excluding carboxylic acids is 1. The number of pyridine rings is 1. The second-order valence-electron chi connectivity index (χ2n) is 4.72. The Morgan fingerprint density at radius 1 is 1.20 bits per heavy atom. The topological polar surface area (TPSA) is 59.8 Å². The van der Waals surface area contributed by atoms with E-state index in [-0.39, 0.29) is 5.91 Å². The lowest BCUT2D eigenvalue weighted by atomic mass is 10.1. The van der Waals surface area contributed by atoms with Crippen molar-refractivity contribution in [3.8, 4) is 0 Å². The van der Waals surface area contributed by atoms with E-state index in [9.17, 15) is 4.79 Å². The van der Waals surface area contributed by atoms with Gasteiger partial charge in [-0.2, -0.15) is 5.10 Å². The lowest BCUT2D eigenvalue weighted by Gasteiger charge is -2.05. The molecule has 0 aliphatic rings. The van der Waals surface area contributed by atoms with Crippen molar-refractivity contribution in [2.75, 3.05) is 5.32 Å². The second-order valence-corrected chi connectivity index (χ2v) is 4.72. The molecule has 5 nitrogen and oxygen atoms in total. The summed E-state index contributed by atoms with van der Waals surface area (Å²) < 4.78 is 1.75. The lowest BCUT2D eigenvalue weighted by molar-refractivity contribution is 0.102. The molecule has 0 fully saturated rings. The van der Waals surface area contributed by atoms with Gasteiger partial charge < -0.3 is 5.32 Å². The first-order chi connectivity index (χ1) is 9.63. The van der Waals surface area contributed by atoms with E-state index >= 15 is 0 Å². The van der Waals surface area contributed by atoms with Crippen molar-refractivity contribution in [2.45, 2.75) is 6.92 Å². The fourth-order valence-corrected chi connectivity index (χ4v) is 2.02. The van der Waals surface area contributed by atoms with Crippen molar-refractivity contribution in [3.05, 3.63) is 53.9 Å². The highest BCUT2D eigenvalue weighted by Crippen LogP contribution is 2.16. The SMILES string of the molecule is Cc1ccc(NC(=O)c2ccc3cnn(C)c3c2)nc1. The number of hydrogen-bond donors (Lipinski definition) is 1. The van der Waals surface area contributed by atoms with Crippen LogP contribution in [0.2, 0.25) is 0 Å². The Balaban J connectivity index is 1.88. The lowest BCUT2D eigenvalue weighted by Crippen LogP contribution is -2.12. The Kier molecular flexibility index (Phi) is 2.95. The van der Waals surface area contributed by atoms with Crippen LogP contribution < -0.4 is 5.32 Å². The van der Waals surface area contributed by atoms with E-state index < -0.39 is 0 Å². The molecular formula is C15H14N4O. The predicted octanol–water partition coefficient (Wildman–Crippen LogP) is 2.53. The zero-order valence-electron chi connectivity index (χ0n) is 11.3. The van der Waals surface area contributed by atoms with E-state index in [4.69, 9.17) is 0 Å². The van der Waals surface area contributed by atoms with E-state index in [1.54, 1.807) is 29.2 Å². The van der Waals surface area contributed by atoms with Gasteiger partial charge in [0.25, 0.3) is 5.91 Å². The number of fused-ring (bicyclic) bond motifs is 1. The van der Waals surface area contributed by atoms with E-state index in [0.29, 0.717) is 11.4 Å². The van der Waals surface area contributed by atoms with Crippen LogP contribution in [-0.2, 0) is 7.05 Å². The maximum atomic E-state index is 12.2. The van der Waals surface area contributed by atoms with Crippen LogP contribution in [-0.4, -0.2) is 20.7 Å². The molecular weight excluding hydrogens is 252 g/mol. The van der Waals surface area contributed by atoms with Gasteiger partial charge in [-0.25, -0.2) is 4.98 Å². The fraction of sp³-hybridized carbons (Fsp3) is 0.133. The molecule has 3 rings (SSSR count). The molecule has 0 saturated carbocycles. The van der Waals surface area contributed by atoms with Gasteiger partial charge in [0.15, 0.2) is 0 Å². The first-order valence-electron chi connectivity index (χ1n) is 6.29. The Hall–Kier alpha value is -2.69. The van der Waals surface area contributed by atoms with Crippen molar-refractivity contribution in [3.63, 3.8) is 0 Å². The molecule has 1 N–H and O–H groups in total. The van der Waals surface area contributed by atoms with Gasteiger partial charge in [0.1, 0.15) is 5.82 Å². The highest BCUT2D eigenvalue weighted by Gasteiger charge is 2.09. The summed E-state index contributed by atoms with van der Waals surface area (Å²) in [6.45, 7) is 1.95. The van der Waals surface area contributed by atoms with Crippen LogP contribution >= 0.6 is 0 Å². The number of amides is 1. The summed E-state index contributed by atoms with van der Waals surface area (Å²) in [7, 11) is 1.85. The van der Waals surface area contributed by atoms with Gasteiger partial charge in [-0.1, -0.05) is 12.1 Å². The first kappa shape index (κ1) is 12.3. The number of aryl methyl sites for hydroxylation is 2. The minimum atomic E-state index is -0.176. The maximum Gasteiger partial charge on any atom is 0.256 e. The van der Waals surface area contributed by atoms with Crippen molar-refractivity contribution in [1.29, 1.82) is 0 Å². The average Bonchev–Trinajstić information content (AvgIpc) is 2.82. The van der Waals surface area contributed by atoms with Crippen molar-refractivity contribution in [1.82, 2.24) is 14.8 Å². The van der Waals surface area contributed by atoms with Crippen LogP contribution in [0.1, 0.15) is 15.9 Å². The van der Waals surface area contributed by atoms with Gasteiger partial charge in [0.05, 0.1) is 11.7 Å². The molecule has 100 valence electrons. The minimum absolute atomic E-state index is 0.176. The molecule has 5 heteroatoms.